The minimum atomic E-state index is 0.490. The van der Waals surface area contributed by atoms with E-state index in [-0.39, 0.29) is 0 Å². The summed E-state index contributed by atoms with van der Waals surface area (Å²) in [5, 5.41) is 3.62. The highest BCUT2D eigenvalue weighted by Crippen LogP contribution is 2.24. The van der Waals surface area contributed by atoms with E-state index in [1.54, 1.807) is 0 Å². The molecule has 1 fully saturated rings. The van der Waals surface area contributed by atoms with Crippen LogP contribution in [0.3, 0.4) is 0 Å². The van der Waals surface area contributed by atoms with E-state index < -0.39 is 0 Å². The van der Waals surface area contributed by atoms with E-state index in [0.717, 1.165) is 31.8 Å². The monoisotopic (exact) mass is 167 g/mol. The molecule has 0 amide bonds. The molecule has 2 heterocycles. The molecule has 0 bridgehead atoms. The lowest BCUT2D eigenvalue weighted by Crippen LogP contribution is -2.29. The van der Waals surface area contributed by atoms with Gasteiger partial charge in [0.15, 0.2) is 6.33 Å². The molecule has 0 aromatic carbocycles. The zero-order valence-electron chi connectivity index (χ0n) is 7.23. The van der Waals surface area contributed by atoms with E-state index in [4.69, 9.17) is 4.52 Å². The number of likely N-dealkylation sites (tertiary alicyclic amines) is 1. The van der Waals surface area contributed by atoms with Gasteiger partial charge >= 0.3 is 0 Å². The molecule has 0 aliphatic carbocycles. The first-order valence-corrected chi connectivity index (χ1v) is 4.31. The highest BCUT2D eigenvalue weighted by Gasteiger charge is 2.21. The topological polar surface area (TPSA) is 42.2 Å². The van der Waals surface area contributed by atoms with E-state index in [1.165, 1.54) is 6.33 Å². The fraction of sp³-hybridized carbons (Fsp3) is 0.750. The number of hydrogen-bond acceptors (Lipinski definition) is 4. The van der Waals surface area contributed by atoms with Crippen molar-refractivity contribution in [3.05, 3.63) is 12.2 Å². The Morgan fingerprint density at radius 3 is 2.83 bits per heavy atom. The van der Waals surface area contributed by atoms with Crippen molar-refractivity contribution in [3.8, 4) is 0 Å². The molecule has 4 nitrogen and oxygen atoms in total. The van der Waals surface area contributed by atoms with Gasteiger partial charge in [0.1, 0.15) is 0 Å². The van der Waals surface area contributed by atoms with Crippen LogP contribution in [0.4, 0.5) is 0 Å². The minimum Gasteiger partial charge on any atom is -0.339 e. The summed E-state index contributed by atoms with van der Waals surface area (Å²) in [6, 6.07) is 0. The third kappa shape index (κ3) is 1.48. The van der Waals surface area contributed by atoms with E-state index in [2.05, 4.69) is 22.1 Å². The van der Waals surface area contributed by atoms with Gasteiger partial charge in [0.05, 0.1) is 0 Å². The molecule has 0 unspecified atom stereocenters. The third-order valence-electron chi connectivity index (χ3n) is 2.45. The first-order valence-electron chi connectivity index (χ1n) is 4.31. The maximum atomic E-state index is 5.03. The molecule has 2 rings (SSSR count). The Hall–Kier alpha value is -0.900. The van der Waals surface area contributed by atoms with Crippen LogP contribution in [0, 0.1) is 0 Å². The Morgan fingerprint density at radius 2 is 2.25 bits per heavy atom. The van der Waals surface area contributed by atoms with E-state index in [1.807, 2.05) is 0 Å². The normalized spacial score (nSPS) is 21.4. The molecule has 0 N–H and O–H groups in total. The maximum absolute atomic E-state index is 5.03. The number of nitrogens with zero attached hydrogens (tertiary/aromatic N) is 3. The minimum absolute atomic E-state index is 0.490. The Bertz CT molecular complexity index is 226. The van der Waals surface area contributed by atoms with E-state index >= 15 is 0 Å². The average Bonchev–Trinajstić information content (AvgIpc) is 2.58. The summed E-state index contributed by atoms with van der Waals surface area (Å²) in [4.78, 5) is 6.39. The average molecular weight is 167 g/mol. The van der Waals surface area contributed by atoms with Gasteiger partial charge in [0.25, 0.3) is 0 Å². The summed E-state index contributed by atoms with van der Waals surface area (Å²) in [6.45, 7) is 2.26. The zero-order chi connectivity index (χ0) is 8.39. The predicted octanol–water partition coefficient (Wildman–Crippen LogP) is 0.879. The molecular weight excluding hydrogens is 154 g/mol. The van der Waals surface area contributed by atoms with Gasteiger partial charge in [-0.1, -0.05) is 5.16 Å². The van der Waals surface area contributed by atoms with Crippen LogP contribution in [-0.2, 0) is 0 Å². The fourth-order valence-corrected chi connectivity index (χ4v) is 1.62. The maximum Gasteiger partial charge on any atom is 0.229 e. The summed E-state index contributed by atoms with van der Waals surface area (Å²) >= 11 is 0. The van der Waals surface area contributed by atoms with Crippen molar-refractivity contribution in [3.63, 3.8) is 0 Å². The summed E-state index contributed by atoms with van der Waals surface area (Å²) in [5.41, 5.74) is 0. The summed E-state index contributed by atoms with van der Waals surface area (Å²) < 4.78 is 5.03. The Labute approximate surface area is 71.6 Å². The largest absolute Gasteiger partial charge is 0.339 e. The van der Waals surface area contributed by atoms with Crippen molar-refractivity contribution in [1.82, 2.24) is 15.0 Å². The fourth-order valence-electron chi connectivity index (χ4n) is 1.62. The number of aromatic nitrogens is 2. The van der Waals surface area contributed by atoms with Gasteiger partial charge < -0.3 is 9.42 Å². The first kappa shape index (κ1) is 7.73. The molecule has 1 aliphatic heterocycles. The van der Waals surface area contributed by atoms with Crippen LogP contribution >= 0.6 is 0 Å². The molecule has 1 aliphatic rings. The van der Waals surface area contributed by atoms with E-state index in [9.17, 15) is 0 Å². The molecule has 12 heavy (non-hydrogen) atoms. The van der Waals surface area contributed by atoms with Gasteiger partial charge in [-0.15, -0.1) is 0 Å². The summed E-state index contributed by atoms with van der Waals surface area (Å²) in [5.74, 6) is 1.30. The molecule has 0 spiro atoms. The molecule has 0 saturated carbocycles. The van der Waals surface area contributed by atoms with Crippen molar-refractivity contribution < 1.29 is 4.52 Å². The number of rotatable bonds is 1. The van der Waals surface area contributed by atoms with Crippen molar-refractivity contribution >= 4 is 0 Å². The van der Waals surface area contributed by atoms with Crippen LogP contribution in [0.2, 0.25) is 0 Å². The van der Waals surface area contributed by atoms with Crippen LogP contribution in [0.15, 0.2) is 10.9 Å². The van der Waals surface area contributed by atoms with Crippen LogP contribution < -0.4 is 0 Å². The van der Waals surface area contributed by atoms with Gasteiger partial charge in [0.2, 0.25) is 5.89 Å². The summed E-state index contributed by atoms with van der Waals surface area (Å²) in [6.07, 6.45) is 3.76. The predicted molar refractivity (Wildman–Crippen MR) is 43.8 cm³/mol. The van der Waals surface area contributed by atoms with Gasteiger partial charge in [-0.25, -0.2) is 0 Å². The zero-order valence-corrected chi connectivity index (χ0v) is 7.23. The Morgan fingerprint density at radius 1 is 1.50 bits per heavy atom. The van der Waals surface area contributed by atoms with Crippen LogP contribution in [0.1, 0.15) is 24.7 Å². The molecule has 66 valence electrons. The highest BCUT2D eigenvalue weighted by atomic mass is 16.5. The quantitative estimate of drug-likeness (QED) is 0.622. The van der Waals surface area contributed by atoms with E-state index in [0.29, 0.717) is 5.92 Å². The molecule has 0 radical (unpaired) electrons. The lowest BCUT2D eigenvalue weighted by Gasteiger charge is -2.26. The van der Waals surface area contributed by atoms with Crippen LogP contribution in [0.25, 0.3) is 0 Å². The van der Waals surface area contributed by atoms with Crippen LogP contribution in [0.5, 0.6) is 0 Å². The second kappa shape index (κ2) is 3.23. The molecule has 1 aromatic rings. The molecule has 1 saturated heterocycles. The smallest absolute Gasteiger partial charge is 0.229 e. The second-order valence-electron chi connectivity index (χ2n) is 3.36. The van der Waals surface area contributed by atoms with Crippen molar-refractivity contribution in [2.24, 2.45) is 0 Å². The Kier molecular flexibility index (Phi) is 2.08. The number of piperidine rings is 1. The number of hydrogen-bond donors (Lipinski definition) is 0. The summed E-state index contributed by atoms with van der Waals surface area (Å²) in [7, 11) is 2.14. The van der Waals surface area contributed by atoms with Crippen molar-refractivity contribution in [2.75, 3.05) is 20.1 Å². The lowest BCUT2D eigenvalue weighted by molar-refractivity contribution is 0.227. The second-order valence-corrected chi connectivity index (χ2v) is 3.36. The lowest BCUT2D eigenvalue weighted by atomic mass is 9.97. The SMILES string of the molecule is CN1CCC(c2ncno2)CC1. The molecule has 1 aromatic heterocycles. The molecule has 4 heteroatoms. The molecular formula is C8H13N3O. The standard InChI is InChI=1S/C8H13N3O/c1-11-4-2-7(3-5-11)8-9-6-10-12-8/h6-7H,2-5H2,1H3. The Balaban J connectivity index is 1.99. The first-order chi connectivity index (χ1) is 5.86. The van der Waals surface area contributed by atoms with Crippen molar-refractivity contribution in [2.45, 2.75) is 18.8 Å². The van der Waals surface area contributed by atoms with Gasteiger partial charge in [-0.05, 0) is 33.0 Å². The van der Waals surface area contributed by atoms with Gasteiger partial charge in [-0.3, -0.25) is 0 Å². The highest BCUT2D eigenvalue weighted by molar-refractivity contribution is 4.91. The third-order valence-corrected chi connectivity index (χ3v) is 2.45. The van der Waals surface area contributed by atoms with Crippen LogP contribution in [-0.4, -0.2) is 35.2 Å². The van der Waals surface area contributed by atoms with Gasteiger partial charge in [0, 0.05) is 5.92 Å². The van der Waals surface area contributed by atoms with Gasteiger partial charge in [-0.2, -0.15) is 4.98 Å². The molecule has 0 atom stereocenters. The van der Waals surface area contributed by atoms with Crippen molar-refractivity contribution in [1.29, 1.82) is 0 Å².